The van der Waals surface area contributed by atoms with Crippen molar-refractivity contribution in [2.75, 3.05) is 0 Å². The number of benzene rings is 2. The summed E-state index contributed by atoms with van der Waals surface area (Å²) < 4.78 is 10.1. The van der Waals surface area contributed by atoms with Gasteiger partial charge in [-0.15, -0.1) is 0 Å². The van der Waals surface area contributed by atoms with E-state index in [1.165, 1.54) is 38.1 Å². The molecule has 0 aliphatic rings. The van der Waals surface area contributed by atoms with Crippen LogP contribution in [0.25, 0.3) is 0 Å². The number of aromatic hydroxyl groups is 4. The van der Waals surface area contributed by atoms with Crippen molar-refractivity contribution in [3.05, 3.63) is 35.4 Å². The van der Waals surface area contributed by atoms with Crippen LogP contribution in [0.5, 0.6) is 34.5 Å². The Morgan fingerprint density at radius 3 is 1.28 bits per heavy atom. The number of carbonyl (C=O) groups is 2. The monoisotopic (exact) mass is 404 g/mol. The minimum Gasteiger partial charge on any atom is -0.507 e. The molecular formula is C21H24O8. The van der Waals surface area contributed by atoms with Crippen molar-refractivity contribution < 1.29 is 39.5 Å². The van der Waals surface area contributed by atoms with E-state index in [2.05, 4.69) is 0 Å². The minimum absolute atomic E-state index is 0.0591. The maximum atomic E-state index is 11.8. The Hall–Kier alpha value is -3.42. The van der Waals surface area contributed by atoms with Crippen molar-refractivity contribution >= 4 is 11.9 Å². The second kappa shape index (κ2) is 9.68. The zero-order chi connectivity index (χ0) is 21.6. The molecule has 0 bridgehead atoms. The van der Waals surface area contributed by atoms with Crippen LogP contribution in [-0.4, -0.2) is 32.4 Å². The summed E-state index contributed by atoms with van der Waals surface area (Å²) in [6.45, 7) is 3.07. The lowest BCUT2D eigenvalue weighted by Gasteiger charge is -2.08. The Balaban J connectivity index is 1.69. The lowest BCUT2D eigenvalue weighted by Crippen LogP contribution is -2.09. The topological polar surface area (TPSA) is 134 Å². The molecule has 0 fully saturated rings. The van der Waals surface area contributed by atoms with E-state index in [0.29, 0.717) is 30.4 Å². The third kappa shape index (κ3) is 6.31. The smallest absolute Gasteiger partial charge is 0.311 e. The van der Waals surface area contributed by atoms with Gasteiger partial charge in [0.25, 0.3) is 0 Å². The number of phenolic OH excluding ortho intramolecular Hbond substituents is 4. The van der Waals surface area contributed by atoms with E-state index in [-0.39, 0.29) is 47.3 Å². The van der Waals surface area contributed by atoms with Crippen molar-refractivity contribution in [3.8, 4) is 34.5 Å². The summed E-state index contributed by atoms with van der Waals surface area (Å²) in [5.74, 6) is -1.57. The van der Waals surface area contributed by atoms with Gasteiger partial charge < -0.3 is 29.9 Å². The second-order valence-electron chi connectivity index (χ2n) is 6.68. The molecule has 0 atom stereocenters. The molecule has 2 aromatic carbocycles. The molecule has 0 spiro atoms. The molecule has 29 heavy (non-hydrogen) atoms. The molecule has 0 amide bonds. The number of hydrogen-bond acceptors (Lipinski definition) is 8. The van der Waals surface area contributed by atoms with Crippen LogP contribution in [-0.2, 0) is 9.59 Å². The lowest BCUT2D eigenvalue weighted by atomic mass is 10.1. The first-order valence-corrected chi connectivity index (χ1v) is 9.14. The van der Waals surface area contributed by atoms with Crippen LogP contribution < -0.4 is 9.47 Å². The maximum Gasteiger partial charge on any atom is 0.311 e. The molecule has 0 saturated heterocycles. The Morgan fingerprint density at radius 2 is 0.966 bits per heavy atom. The Labute approximate surface area is 168 Å². The number of rotatable bonds is 8. The van der Waals surface area contributed by atoms with Crippen molar-refractivity contribution in [2.24, 2.45) is 0 Å². The van der Waals surface area contributed by atoms with Crippen LogP contribution in [0.15, 0.2) is 24.3 Å². The van der Waals surface area contributed by atoms with E-state index in [0.717, 1.165) is 0 Å². The first-order chi connectivity index (χ1) is 13.7. The highest BCUT2D eigenvalue weighted by molar-refractivity contribution is 5.73. The molecule has 156 valence electrons. The first-order valence-electron chi connectivity index (χ1n) is 9.14. The Kier molecular flexibility index (Phi) is 7.30. The molecule has 0 heterocycles. The molecule has 0 saturated carbocycles. The van der Waals surface area contributed by atoms with Crippen LogP contribution >= 0.6 is 0 Å². The van der Waals surface area contributed by atoms with Gasteiger partial charge in [-0.1, -0.05) is 6.42 Å². The van der Waals surface area contributed by atoms with Crippen LogP contribution in [0.1, 0.15) is 43.2 Å². The second-order valence-corrected chi connectivity index (χ2v) is 6.68. The molecule has 0 radical (unpaired) electrons. The molecule has 0 unspecified atom stereocenters. The van der Waals surface area contributed by atoms with E-state index in [9.17, 15) is 30.0 Å². The highest BCUT2D eigenvalue weighted by Gasteiger charge is 2.12. The van der Waals surface area contributed by atoms with Gasteiger partial charge in [0.15, 0.2) is 0 Å². The van der Waals surface area contributed by atoms with Gasteiger partial charge in [-0.25, -0.2) is 0 Å². The van der Waals surface area contributed by atoms with E-state index in [4.69, 9.17) is 9.47 Å². The van der Waals surface area contributed by atoms with Crippen LogP contribution in [0.2, 0.25) is 0 Å². The molecule has 0 aliphatic carbocycles. The molecule has 2 aromatic rings. The highest BCUT2D eigenvalue weighted by atomic mass is 16.5. The van der Waals surface area contributed by atoms with Crippen LogP contribution in [0, 0.1) is 13.8 Å². The lowest BCUT2D eigenvalue weighted by molar-refractivity contribution is -0.134. The Bertz CT molecular complexity index is 784. The highest BCUT2D eigenvalue weighted by Crippen LogP contribution is 2.32. The van der Waals surface area contributed by atoms with Gasteiger partial charge in [0.2, 0.25) is 0 Å². The number of ether oxygens (including phenoxy) is 2. The molecule has 8 heteroatoms. The number of phenols is 4. The third-order valence-electron chi connectivity index (χ3n) is 4.38. The number of esters is 2. The number of hydrogen-bond donors (Lipinski definition) is 4. The minimum atomic E-state index is -0.513. The summed E-state index contributed by atoms with van der Waals surface area (Å²) in [6, 6.07) is 5.01. The summed E-state index contributed by atoms with van der Waals surface area (Å²) >= 11 is 0. The number of unbranched alkanes of at least 4 members (excludes halogenated alkanes) is 2. The summed E-state index contributed by atoms with van der Waals surface area (Å²) in [4.78, 5) is 23.7. The summed E-state index contributed by atoms with van der Waals surface area (Å²) in [6.07, 6.45) is 1.79. The average molecular weight is 404 g/mol. The van der Waals surface area contributed by atoms with Gasteiger partial charge in [-0.3, -0.25) is 9.59 Å². The fraction of sp³-hybridized carbons (Fsp3) is 0.333. The van der Waals surface area contributed by atoms with Crippen molar-refractivity contribution in [1.82, 2.24) is 0 Å². The summed E-state index contributed by atoms with van der Waals surface area (Å²) in [7, 11) is 0. The van der Waals surface area contributed by atoms with Crippen molar-refractivity contribution in [1.29, 1.82) is 0 Å². The van der Waals surface area contributed by atoms with Crippen molar-refractivity contribution in [3.63, 3.8) is 0 Å². The molecule has 2 rings (SSSR count). The van der Waals surface area contributed by atoms with Gasteiger partial charge >= 0.3 is 11.9 Å². The first kappa shape index (κ1) is 21.9. The molecular weight excluding hydrogens is 380 g/mol. The fourth-order valence-electron chi connectivity index (χ4n) is 2.52. The normalized spacial score (nSPS) is 10.6. The third-order valence-corrected chi connectivity index (χ3v) is 4.38. The van der Waals surface area contributed by atoms with Gasteiger partial charge in [0.05, 0.1) is 0 Å². The molecule has 0 aromatic heterocycles. The van der Waals surface area contributed by atoms with E-state index >= 15 is 0 Å². The quantitative estimate of drug-likeness (QED) is 0.298. The van der Waals surface area contributed by atoms with Crippen LogP contribution in [0.4, 0.5) is 0 Å². The van der Waals surface area contributed by atoms with Crippen molar-refractivity contribution in [2.45, 2.75) is 46.0 Å². The molecule has 4 N–H and O–H groups in total. The van der Waals surface area contributed by atoms with E-state index < -0.39 is 11.9 Å². The van der Waals surface area contributed by atoms with Crippen LogP contribution in [0.3, 0.4) is 0 Å². The predicted molar refractivity (Wildman–Crippen MR) is 103 cm³/mol. The van der Waals surface area contributed by atoms with Gasteiger partial charge in [-0.05, 0) is 26.7 Å². The average Bonchev–Trinajstić information content (AvgIpc) is 2.63. The van der Waals surface area contributed by atoms with E-state index in [1.54, 1.807) is 0 Å². The Morgan fingerprint density at radius 1 is 0.655 bits per heavy atom. The standard InChI is InChI=1S/C21H24O8/c1-12-16(22)8-14(9-17(12)23)28-20(26)6-4-3-5-7-21(27)29-15-10-18(24)13(2)19(25)11-15/h8-11,22-25H,3-7H2,1-2H3. The molecule has 0 aliphatic heterocycles. The van der Waals surface area contributed by atoms with Gasteiger partial charge in [0, 0.05) is 48.2 Å². The predicted octanol–water partition coefficient (Wildman–Crippen LogP) is 3.59. The SMILES string of the molecule is Cc1c(O)cc(OC(=O)CCCCCC(=O)Oc2cc(O)c(C)c(O)c2)cc1O. The molecule has 8 nitrogen and oxygen atoms in total. The summed E-state index contributed by atoms with van der Waals surface area (Å²) in [5.41, 5.74) is 0.598. The maximum absolute atomic E-state index is 11.8. The zero-order valence-electron chi connectivity index (χ0n) is 16.3. The zero-order valence-corrected chi connectivity index (χ0v) is 16.3. The van der Waals surface area contributed by atoms with Gasteiger partial charge in [-0.2, -0.15) is 0 Å². The fourth-order valence-corrected chi connectivity index (χ4v) is 2.52. The van der Waals surface area contributed by atoms with E-state index in [1.807, 2.05) is 0 Å². The van der Waals surface area contributed by atoms with Gasteiger partial charge in [0.1, 0.15) is 34.5 Å². The number of carbonyl (C=O) groups excluding carboxylic acids is 2. The largest absolute Gasteiger partial charge is 0.507 e. The summed E-state index contributed by atoms with van der Waals surface area (Å²) in [5, 5.41) is 38.5.